The SMILES string of the molecule is N=C(c1ccccc1)C(CNc1ccccc1)CC1CCCCC(N)=N1. The van der Waals surface area contributed by atoms with Gasteiger partial charge in [0.25, 0.3) is 0 Å². The van der Waals surface area contributed by atoms with Crippen LogP contribution >= 0.6 is 0 Å². The van der Waals surface area contributed by atoms with Crippen LogP contribution in [0.4, 0.5) is 5.69 Å². The van der Waals surface area contributed by atoms with E-state index < -0.39 is 0 Å². The zero-order valence-corrected chi connectivity index (χ0v) is 15.2. The van der Waals surface area contributed by atoms with Gasteiger partial charge in [0, 0.05) is 30.3 Å². The normalized spacial score (nSPS) is 18.5. The first-order chi connectivity index (χ1) is 12.7. The smallest absolute Gasteiger partial charge is 0.0940 e. The Balaban J connectivity index is 1.74. The molecule has 0 spiro atoms. The lowest BCUT2D eigenvalue weighted by Gasteiger charge is -2.23. The number of nitrogens with two attached hydrogens (primary N) is 1. The van der Waals surface area contributed by atoms with Crippen molar-refractivity contribution in [2.24, 2.45) is 16.6 Å². The van der Waals surface area contributed by atoms with Crippen LogP contribution in [0, 0.1) is 11.3 Å². The van der Waals surface area contributed by atoms with Crippen LogP contribution < -0.4 is 11.1 Å². The largest absolute Gasteiger partial charge is 0.387 e. The maximum Gasteiger partial charge on any atom is 0.0940 e. The number of amidine groups is 1. The average Bonchev–Trinajstić information content (AvgIpc) is 2.89. The van der Waals surface area contributed by atoms with Gasteiger partial charge in [-0.05, 0) is 37.0 Å². The van der Waals surface area contributed by atoms with E-state index in [4.69, 9.17) is 16.1 Å². The van der Waals surface area contributed by atoms with Crippen LogP contribution in [0.3, 0.4) is 0 Å². The van der Waals surface area contributed by atoms with E-state index in [1.165, 1.54) is 0 Å². The molecule has 136 valence electrons. The highest BCUT2D eigenvalue weighted by Crippen LogP contribution is 2.23. The van der Waals surface area contributed by atoms with Crippen LogP contribution in [0.25, 0.3) is 0 Å². The van der Waals surface area contributed by atoms with Crippen molar-refractivity contribution in [3.8, 4) is 0 Å². The zero-order valence-electron chi connectivity index (χ0n) is 15.2. The summed E-state index contributed by atoms with van der Waals surface area (Å²) in [5.41, 5.74) is 8.78. The molecular formula is C22H28N4. The molecule has 0 saturated heterocycles. The molecule has 1 aliphatic rings. The Morgan fingerprint density at radius 3 is 2.50 bits per heavy atom. The number of hydrogen-bond donors (Lipinski definition) is 3. The summed E-state index contributed by atoms with van der Waals surface area (Å²) < 4.78 is 0. The quantitative estimate of drug-likeness (QED) is 0.646. The molecule has 4 N–H and O–H groups in total. The third-order valence-corrected chi connectivity index (χ3v) is 4.94. The Morgan fingerprint density at radius 1 is 1.08 bits per heavy atom. The van der Waals surface area contributed by atoms with Crippen LogP contribution in [0.15, 0.2) is 65.7 Å². The standard InChI is InChI=1S/C22H28N4/c23-21-14-8-7-13-20(26-21)15-18(16-25-19-11-5-2-6-12-19)22(24)17-9-3-1-4-10-17/h1-6,9-12,18,20,24-25H,7-8,13-16H2,(H2,23,26). The van der Waals surface area contributed by atoms with Crippen molar-refractivity contribution in [1.82, 2.24) is 0 Å². The zero-order chi connectivity index (χ0) is 18.2. The van der Waals surface area contributed by atoms with Crippen LogP contribution in [0.2, 0.25) is 0 Å². The number of rotatable bonds is 7. The predicted octanol–water partition coefficient (Wildman–Crippen LogP) is 4.47. The summed E-state index contributed by atoms with van der Waals surface area (Å²) in [5.74, 6) is 0.866. The fourth-order valence-electron chi connectivity index (χ4n) is 3.50. The third-order valence-electron chi connectivity index (χ3n) is 4.94. The highest BCUT2D eigenvalue weighted by molar-refractivity contribution is 6.00. The van der Waals surface area contributed by atoms with Crippen molar-refractivity contribution in [2.45, 2.75) is 38.1 Å². The van der Waals surface area contributed by atoms with Crippen molar-refractivity contribution < 1.29 is 0 Å². The molecule has 0 bridgehead atoms. The predicted molar refractivity (Wildman–Crippen MR) is 110 cm³/mol. The second-order valence-electron chi connectivity index (χ2n) is 6.98. The minimum Gasteiger partial charge on any atom is -0.387 e. The lowest BCUT2D eigenvalue weighted by atomic mass is 9.89. The summed E-state index contributed by atoms with van der Waals surface area (Å²) in [5, 5.41) is 12.2. The first kappa shape index (κ1) is 18.2. The number of aliphatic imine (C=N–C) groups is 1. The summed E-state index contributed by atoms with van der Waals surface area (Å²) in [6.45, 7) is 0.726. The van der Waals surface area contributed by atoms with Gasteiger partial charge < -0.3 is 16.5 Å². The molecule has 1 heterocycles. The molecule has 2 aromatic carbocycles. The molecule has 2 aromatic rings. The molecule has 4 nitrogen and oxygen atoms in total. The molecule has 3 rings (SSSR count). The molecule has 0 aromatic heterocycles. The lowest BCUT2D eigenvalue weighted by Crippen LogP contribution is -2.28. The Kier molecular flexibility index (Phi) is 6.42. The fourth-order valence-corrected chi connectivity index (χ4v) is 3.50. The lowest BCUT2D eigenvalue weighted by molar-refractivity contribution is 0.500. The van der Waals surface area contributed by atoms with Gasteiger partial charge in [0.05, 0.1) is 11.9 Å². The number of para-hydroxylation sites is 1. The van der Waals surface area contributed by atoms with E-state index in [2.05, 4.69) is 17.4 Å². The highest BCUT2D eigenvalue weighted by atomic mass is 14.9. The summed E-state index contributed by atoms with van der Waals surface area (Å²) in [4.78, 5) is 4.72. The van der Waals surface area contributed by atoms with Gasteiger partial charge in [-0.3, -0.25) is 4.99 Å². The van der Waals surface area contributed by atoms with E-state index in [1.54, 1.807) is 0 Å². The Labute approximate surface area is 156 Å². The maximum absolute atomic E-state index is 8.76. The number of benzene rings is 2. The van der Waals surface area contributed by atoms with Crippen molar-refractivity contribution in [3.63, 3.8) is 0 Å². The molecular weight excluding hydrogens is 320 g/mol. The number of nitrogens with one attached hydrogen (secondary N) is 2. The van der Waals surface area contributed by atoms with Gasteiger partial charge in [-0.25, -0.2) is 0 Å². The molecule has 0 fully saturated rings. The van der Waals surface area contributed by atoms with E-state index in [1.807, 2.05) is 48.5 Å². The molecule has 0 saturated carbocycles. The van der Waals surface area contributed by atoms with Crippen LogP contribution in [-0.2, 0) is 0 Å². The average molecular weight is 348 g/mol. The first-order valence-corrected chi connectivity index (χ1v) is 9.47. The molecule has 0 amide bonds. The summed E-state index contributed by atoms with van der Waals surface area (Å²) in [6, 6.07) is 20.4. The number of hydrogen-bond acceptors (Lipinski definition) is 4. The van der Waals surface area contributed by atoms with E-state index in [9.17, 15) is 0 Å². The van der Waals surface area contributed by atoms with Crippen molar-refractivity contribution >= 4 is 17.2 Å². The second kappa shape index (κ2) is 9.18. The summed E-state index contributed by atoms with van der Waals surface area (Å²) in [6.07, 6.45) is 5.10. The highest BCUT2D eigenvalue weighted by Gasteiger charge is 2.22. The molecule has 26 heavy (non-hydrogen) atoms. The number of anilines is 1. The molecule has 1 aliphatic heterocycles. The van der Waals surface area contributed by atoms with Crippen molar-refractivity contribution in [3.05, 3.63) is 66.2 Å². The van der Waals surface area contributed by atoms with Gasteiger partial charge in [0.2, 0.25) is 0 Å². The maximum atomic E-state index is 8.76. The third kappa shape index (κ3) is 5.19. The van der Waals surface area contributed by atoms with Crippen LogP contribution in [0.5, 0.6) is 0 Å². The number of nitrogens with zero attached hydrogens (tertiary/aromatic N) is 1. The van der Waals surface area contributed by atoms with Gasteiger partial charge in [-0.1, -0.05) is 55.0 Å². The van der Waals surface area contributed by atoms with Crippen molar-refractivity contribution in [2.75, 3.05) is 11.9 Å². The van der Waals surface area contributed by atoms with E-state index in [0.717, 1.165) is 55.7 Å². The molecule has 0 aliphatic carbocycles. The Hall–Kier alpha value is -2.62. The van der Waals surface area contributed by atoms with Gasteiger partial charge in [0.1, 0.15) is 0 Å². The molecule has 4 heteroatoms. The Bertz CT molecular complexity index is 724. The monoisotopic (exact) mass is 348 g/mol. The van der Waals surface area contributed by atoms with Crippen LogP contribution in [0.1, 0.15) is 37.7 Å². The van der Waals surface area contributed by atoms with Gasteiger partial charge in [-0.2, -0.15) is 0 Å². The van der Waals surface area contributed by atoms with Gasteiger partial charge >= 0.3 is 0 Å². The summed E-state index contributed by atoms with van der Waals surface area (Å²) >= 11 is 0. The fraction of sp³-hybridized carbons (Fsp3) is 0.364. The van der Waals surface area contributed by atoms with E-state index in [0.29, 0.717) is 5.71 Å². The van der Waals surface area contributed by atoms with Crippen molar-refractivity contribution in [1.29, 1.82) is 5.41 Å². The minimum atomic E-state index is 0.0947. The van der Waals surface area contributed by atoms with E-state index >= 15 is 0 Å². The van der Waals surface area contributed by atoms with Crippen LogP contribution in [-0.4, -0.2) is 24.1 Å². The molecule has 2 atom stereocenters. The summed E-state index contributed by atoms with van der Waals surface area (Å²) in [7, 11) is 0. The Morgan fingerprint density at radius 2 is 1.77 bits per heavy atom. The van der Waals surface area contributed by atoms with Gasteiger partial charge in [0.15, 0.2) is 0 Å². The van der Waals surface area contributed by atoms with E-state index in [-0.39, 0.29) is 12.0 Å². The molecule has 0 radical (unpaired) electrons. The second-order valence-corrected chi connectivity index (χ2v) is 6.98. The van der Waals surface area contributed by atoms with Gasteiger partial charge in [-0.15, -0.1) is 0 Å². The topological polar surface area (TPSA) is 74.3 Å². The first-order valence-electron chi connectivity index (χ1n) is 9.47. The minimum absolute atomic E-state index is 0.0947. The molecule has 2 unspecified atom stereocenters.